The first-order valence-electron chi connectivity index (χ1n) is 13.5. The minimum Gasteiger partial charge on any atom is -0.324 e. The van der Waals surface area contributed by atoms with E-state index >= 15 is 0 Å². The second-order valence-corrected chi connectivity index (χ2v) is 9.39. The molecular weight excluding hydrogens is 486 g/mol. The fraction of sp³-hybridized carbons (Fsp3) is 0.290. The van der Waals surface area contributed by atoms with E-state index in [0.29, 0.717) is 11.5 Å². The van der Waals surface area contributed by atoms with E-state index in [-0.39, 0.29) is 5.91 Å². The highest BCUT2D eigenvalue weighted by atomic mass is 16.1. The first-order chi connectivity index (χ1) is 19.0. The molecule has 0 unspecified atom stereocenters. The smallest absolute Gasteiger partial charge is 0.255 e. The number of hydrogen-bond donors (Lipinski definition) is 2. The number of carbonyl (C=O) groups excluding carboxylic acids is 1. The van der Waals surface area contributed by atoms with Crippen molar-refractivity contribution in [3.05, 3.63) is 95.9 Å². The second kappa shape index (κ2) is 13.6. The van der Waals surface area contributed by atoms with Gasteiger partial charge < -0.3 is 15.5 Å². The predicted octanol–water partition coefficient (Wildman–Crippen LogP) is 5.62. The number of amides is 1. The summed E-state index contributed by atoms with van der Waals surface area (Å²) in [5.74, 6) is 0.290. The number of likely N-dealkylation sites (N-methyl/N-ethyl adjacent to an activating group) is 1. The van der Waals surface area contributed by atoms with Crippen molar-refractivity contribution in [1.82, 2.24) is 24.8 Å². The minimum atomic E-state index is -0.167. The quantitative estimate of drug-likeness (QED) is 0.325. The third-order valence-corrected chi connectivity index (χ3v) is 6.57. The normalized spacial score (nSPS) is 13.7. The molecule has 202 valence electrons. The van der Waals surface area contributed by atoms with E-state index in [4.69, 9.17) is 0 Å². The van der Waals surface area contributed by atoms with Crippen LogP contribution in [0.5, 0.6) is 0 Å². The van der Waals surface area contributed by atoms with Gasteiger partial charge in [-0.3, -0.25) is 14.7 Å². The summed E-state index contributed by atoms with van der Waals surface area (Å²) in [6.07, 6.45) is 5.20. The highest BCUT2D eigenvalue weighted by Gasteiger charge is 2.14. The second-order valence-electron chi connectivity index (χ2n) is 9.39. The molecule has 5 rings (SSSR count). The molecule has 0 atom stereocenters. The zero-order valence-corrected chi connectivity index (χ0v) is 23.2. The average Bonchev–Trinajstić information content (AvgIpc) is 2.98. The summed E-state index contributed by atoms with van der Waals surface area (Å²) in [7, 11) is 2.16. The Morgan fingerprint density at radius 2 is 1.72 bits per heavy atom. The zero-order chi connectivity index (χ0) is 27.6. The van der Waals surface area contributed by atoms with Crippen molar-refractivity contribution in [2.45, 2.75) is 27.3 Å². The highest BCUT2D eigenvalue weighted by Crippen LogP contribution is 2.23. The number of aryl methyl sites for hydroxylation is 1. The third kappa shape index (κ3) is 7.69. The van der Waals surface area contributed by atoms with Crippen molar-refractivity contribution in [3.63, 3.8) is 0 Å². The van der Waals surface area contributed by atoms with Crippen LogP contribution in [0.1, 0.15) is 35.3 Å². The van der Waals surface area contributed by atoms with Gasteiger partial charge in [-0.2, -0.15) is 0 Å². The SMILES string of the molecule is CC.Cc1ccc(C(=O)Nc2ccc(CN3CCN(C)CC3)cc2)cc1Nc1nccc(-c2cccnc2)n1. The van der Waals surface area contributed by atoms with Crippen LogP contribution in [0.4, 0.5) is 17.3 Å². The van der Waals surface area contributed by atoms with Crippen molar-refractivity contribution in [3.8, 4) is 11.3 Å². The Balaban J connectivity index is 0.00000172. The van der Waals surface area contributed by atoms with Gasteiger partial charge in [0.05, 0.1) is 5.69 Å². The Morgan fingerprint density at radius 3 is 2.44 bits per heavy atom. The number of benzene rings is 2. The van der Waals surface area contributed by atoms with Crippen molar-refractivity contribution < 1.29 is 4.79 Å². The van der Waals surface area contributed by atoms with Crippen molar-refractivity contribution >= 4 is 23.2 Å². The van der Waals surface area contributed by atoms with Gasteiger partial charge >= 0.3 is 0 Å². The van der Waals surface area contributed by atoms with Crippen LogP contribution in [-0.4, -0.2) is 63.9 Å². The molecule has 0 spiro atoms. The van der Waals surface area contributed by atoms with Crippen LogP contribution in [0.15, 0.2) is 79.3 Å². The van der Waals surface area contributed by atoms with Crippen molar-refractivity contribution in [2.24, 2.45) is 0 Å². The van der Waals surface area contributed by atoms with Gasteiger partial charge in [0.15, 0.2) is 0 Å². The summed E-state index contributed by atoms with van der Waals surface area (Å²) in [6, 6.07) is 19.3. The molecule has 39 heavy (non-hydrogen) atoms. The van der Waals surface area contributed by atoms with Crippen LogP contribution >= 0.6 is 0 Å². The number of aromatic nitrogens is 3. The van der Waals surface area contributed by atoms with E-state index in [2.05, 4.69) is 54.6 Å². The molecule has 8 nitrogen and oxygen atoms in total. The summed E-state index contributed by atoms with van der Waals surface area (Å²) in [5.41, 5.74) is 6.02. The standard InChI is InChI=1S/C29H31N7O.C2H6/c1-21-5-8-23(18-27(21)34-29-31-13-11-26(33-29)24-4-3-12-30-19-24)28(37)32-25-9-6-22(7-10-25)20-36-16-14-35(2)15-17-36;1-2/h3-13,18-19H,14-17,20H2,1-2H3,(H,32,37)(H,31,33,34);1-2H3. The number of hydrogen-bond acceptors (Lipinski definition) is 7. The van der Waals surface area contributed by atoms with Gasteiger partial charge in [0.25, 0.3) is 5.91 Å². The van der Waals surface area contributed by atoms with Crippen LogP contribution in [0, 0.1) is 6.92 Å². The summed E-state index contributed by atoms with van der Waals surface area (Å²) < 4.78 is 0. The molecule has 2 aromatic carbocycles. The van der Waals surface area contributed by atoms with Crippen LogP contribution in [0.2, 0.25) is 0 Å². The number of anilines is 3. The summed E-state index contributed by atoms with van der Waals surface area (Å²) >= 11 is 0. The number of carbonyl (C=O) groups is 1. The molecule has 0 aliphatic carbocycles. The molecule has 1 aliphatic rings. The summed E-state index contributed by atoms with van der Waals surface area (Å²) in [6.45, 7) is 11.3. The van der Waals surface area contributed by atoms with E-state index in [0.717, 1.165) is 60.9 Å². The van der Waals surface area contributed by atoms with Crippen LogP contribution in [-0.2, 0) is 6.54 Å². The van der Waals surface area contributed by atoms with Gasteiger partial charge in [0.2, 0.25) is 5.95 Å². The molecule has 1 aliphatic heterocycles. The predicted molar refractivity (Wildman–Crippen MR) is 158 cm³/mol. The summed E-state index contributed by atoms with van der Waals surface area (Å²) in [5, 5.41) is 6.27. The zero-order valence-electron chi connectivity index (χ0n) is 23.2. The Kier molecular flexibility index (Phi) is 9.72. The Bertz CT molecular complexity index is 1350. The molecule has 1 fully saturated rings. The summed E-state index contributed by atoms with van der Waals surface area (Å²) in [4.78, 5) is 30.9. The van der Waals surface area contributed by atoms with Gasteiger partial charge in [-0.25, -0.2) is 9.97 Å². The lowest BCUT2D eigenvalue weighted by Gasteiger charge is -2.32. The number of nitrogens with zero attached hydrogens (tertiary/aromatic N) is 5. The lowest BCUT2D eigenvalue weighted by molar-refractivity contribution is 0.102. The molecule has 0 radical (unpaired) electrons. The first kappa shape index (κ1) is 27.9. The number of pyridine rings is 1. The molecule has 1 amide bonds. The largest absolute Gasteiger partial charge is 0.324 e. The maximum absolute atomic E-state index is 13.0. The topological polar surface area (TPSA) is 86.3 Å². The van der Waals surface area contributed by atoms with E-state index in [1.807, 2.05) is 69.3 Å². The maximum Gasteiger partial charge on any atom is 0.255 e. The Hall–Kier alpha value is -4.14. The van der Waals surface area contributed by atoms with Gasteiger partial charge in [-0.1, -0.05) is 32.0 Å². The molecule has 1 saturated heterocycles. The number of nitrogens with one attached hydrogen (secondary N) is 2. The van der Waals surface area contributed by atoms with Gasteiger partial charge in [0, 0.05) is 73.8 Å². The third-order valence-electron chi connectivity index (χ3n) is 6.57. The molecule has 8 heteroatoms. The lowest BCUT2D eigenvalue weighted by atomic mass is 10.1. The fourth-order valence-corrected chi connectivity index (χ4v) is 4.27. The van der Waals surface area contributed by atoms with Crippen LogP contribution in [0.25, 0.3) is 11.3 Å². The van der Waals surface area contributed by atoms with E-state index in [1.54, 1.807) is 18.6 Å². The van der Waals surface area contributed by atoms with Crippen molar-refractivity contribution in [2.75, 3.05) is 43.9 Å². The highest BCUT2D eigenvalue weighted by molar-refractivity contribution is 6.05. The van der Waals surface area contributed by atoms with E-state index < -0.39 is 0 Å². The van der Waals surface area contributed by atoms with Gasteiger partial charge in [0.1, 0.15) is 0 Å². The first-order valence-corrected chi connectivity index (χ1v) is 13.5. The lowest BCUT2D eigenvalue weighted by Crippen LogP contribution is -2.43. The Morgan fingerprint density at radius 1 is 0.949 bits per heavy atom. The number of piperazine rings is 1. The molecule has 2 aromatic heterocycles. The minimum absolute atomic E-state index is 0.167. The van der Waals surface area contributed by atoms with E-state index in [9.17, 15) is 4.79 Å². The van der Waals surface area contributed by atoms with Crippen LogP contribution < -0.4 is 10.6 Å². The fourth-order valence-electron chi connectivity index (χ4n) is 4.27. The van der Waals surface area contributed by atoms with Gasteiger partial charge in [-0.05, 0) is 67.6 Å². The maximum atomic E-state index is 13.0. The van der Waals surface area contributed by atoms with Crippen LogP contribution in [0.3, 0.4) is 0 Å². The van der Waals surface area contributed by atoms with E-state index in [1.165, 1.54) is 5.56 Å². The molecule has 3 heterocycles. The van der Waals surface area contributed by atoms with Crippen molar-refractivity contribution in [1.29, 1.82) is 0 Å². The monoisotopic (exact) mass is 523 g/mol. The molecular formula is C31H37N7O. The van der Waals surface area contributed by atoms with Gasteiger partial charge in [-0.15, -0.1) is 0 Å². The molecule has 4 aromatic rings. The molecule has 0 bridgehead atoms. The number of rotatable bonds is 7. The molecule has 0 saturated carbocycles. The average molecular weight is 524 g/mol. The molecule has 2 N–H and O–H groups in total. The Labute approximate surface area is 231 Å².